The number of nitrogens with two attached hydrogens (primary N) is 1. The second-order valence-corrected chi connectivity index (χ2v) is 3.81. The lowest BCUT2D eigenvalue weighted by Crippen LogP contribution is -2.12. The summed E-state index contributed by atoms with van der Waals surface area (Å²) in [6.45, 7) is 3.56. The molecular formula is C12H17N5O2. The summed E-state index contributed by atoms with van der Waals surface area (Å²) in [6, 6.07) is 5.59. The Morgan fingerprint density at radius 1 is 1.32 bits per heavy atom. The van der Waals surface area contributed by atoms with Crippen molar-refractivity contribution in [2.75, 3.05) is 20.3 Å². The number of rotatable bonds is 6. The van der Waals surface area contributed by atoms with Crippen molar-refractivity contribution in [2.45, 2.75) is 13.5 Å². The first-order valence-corrected chi connectivity index (χ1v) is 6.07. The lowest BCUT2D eigenvalue weighted by Gasteiger charge is -2.10. The van der Waals surface area contributed by atoms with Crippen LogP contribution in [0.25, 0.3) is 11.4 Å². The van der Waals surface area contributed by atoms with Gasteiger partial charge in [0.25, 0.3) is 0 Å². The number of nitrogens with zero attached hydrogens (tertiary/aromatic N) is 4. The highest BCUT2D eigenvalue weighted by atomic mass is 16.5. The molecule has 0 bridgehead atoms. The minimum Gasteiger partial charge on any atom is -0.493 e. The minimum absolute atomic E-state index is 0.478. The van der Waals surface area contributed by atoms with E-state index in [1.54, 1.807) is 11.8 Å². The van der Waals surface area contributed by atoms with Crippen LogP contribution < -0.4 is 15.2 Å². The molecular weight excluding hydrogens is 246 g/mol. The third-order valence-electron chi connectivity index (χ3n) is 2.59. The zero-order chi connectivity index (χ0) is 13.7. The van der Waals surface area contributed by atoms with Gasteiger partial charge in [-0.1, -0.05) is 0 Å². The van der Waals surface area contributed by atoms with Crippen molar-refractivity contribution >= 4 is 0 Å². The summed E-state index contributed by atoms with van der Waals surface area (Å²) in [5.74, 6) is 2.01. The molecule has 0 aliphatic rings. The van der Waals surface area contributed by atoms with Crippen LogP contribution >= 0.6 is 0 Å². The molecule has 1 aromatic carbocycles. The van der Waals surface area contributed by atoms with E-state index in [1.807, 2.05) is 25.1 Å². The standard InChI is InChI=1S/C12H17N5O2/c1-3-19-10-5-4-9(8-11(10)18-2)12-14-15-16-17(12)7-6-13/h4-5,8H,3,6-7,13H2,1-2H3. The molecule has 7 heteroatoms. The van der Waals surface area contributed by atoms with Crippen LogP contribution in [0.1, 0.15) is 6.92 Å². The Balaban J connectivity index is 2.37. The van der Waals surface area contributed by atoms with E-state index in [4.69, 9.17) is 15.2 Å². The van der Waals surface area contributed by atoms with Gasteiger partial charge < -0.3 is 15.2 Å². The minimum atomic E-state index is 0.478. The van der Waals surface area contributed by atoms with Crippen LogP contribution in [0, 0.1) is 0 Å². The molecule has 0 aliphatic carbocycles. The van der Waals surface area contributed by atoms with Crippen molar-refractivity contribution in [2.24, 2.45) is 5.73 Å². The van der Waals surface area contributed by atoms with Crippen LogP contribution in [0.3, 0.4) is 0 Å². The summed E-state index contributed by atoms with van der Waals surface area (Å²) in [5.41, 5.74) is 6.39. The highest BCUT2D eigenvalue weighted by molar-refractivity contribution is 5.60. The van der Waals surface area contributed by atoms with Crippen molar-refractivity contribution in [3.8, 4) is 22.9 Å². The maximum Gasteiger partial charge on any atom is 0.182 e. The first-order chi connectivity index (χ1) is 9.30. The maximum absolute atomic E-state index is 5.53. The molecule has 0 saturated heterocycles. The topological polar surface area (TPSA) is 88.1 Å². The van der Waals surface area contributed by atoms with Gasteiger partial charge in [0, 0.05) is 12.1 Å². The largest absolute Gasteiger partial charge is 0.493 e. The molecule has 1 heterocycles. The molecule has 0 radical (unpaired) electrons. The fourth-order valence-corrected chi connectivity index (χ4v) is 1.77. The molecule has 2 rings (SSSR count). The Labute approximate surface area is 111 Å². The zero-order valence-electron chi connectivity index (χ0n) is 11.0. The first kappa shape index (κ1) is 13.3. The Kier molecular flexibility index (Phi) is 4.30. The molecule has 102 valence electrons. The van der Waals surface area contributed by atoms with E-state index in [2.05, 4.69) is 15.5 Å². The summed E-state index contributed by atoms with van der Waals surface area (Å²) in [7, 11) is 1.60. The molecule has 1 aromatic heterocycles. The van der Waals surface area contributed by atoms with Gasteiger partial charge in [-0.3, -0.25) is 0 Å². The van der Waals surface area contributed by atoms with Crippen molar-refractivity contribution in [3.63, 3.8) is 0 Å². The van der Waals surface area contributed by atoms with Gasteiger partial charge in [-0.25, -0.2) is 4.68 Å². The zero-order valence-corrected chi connectivity index (χ0v) is 11.0. The van der Waals surface area contributed by atoms with Gasteiger partial charge in [0.2, 0.25) is 0 Å². The highest BCUT2D eigenvalue weighted by Gasteiger charge is 2.12. The van der Waals surface area contributed by atoms with Crippen LogP contribution in [0.5, 0.6) is 11.5 Å². The molecule has 7 nitrogen and oxygen atoms in total. The van der Waals surface area contributed by atoms with Crippen molar-refractivity contribution in [3.05, 3.63) is 18.2 Å². The predicted molar refractivity (Wildman–Crippen MR) is 70.0 cm³/mol. The van der Waals surface area contributed by atoms with Crippen LogP contribution in [0.4, 0.5) is 0 Å². The average molecular weight is 263 g/mol. The van der Waals surface area contributed by atoms with E-state index in [-0.39, 0.29) is 0 Å². The van der Waals surface area contributed by atoms with Crippen molar-refractivity contribution < 1.29 is 9.47 Å². The van der Waals surface area contributed by atoms with Crippen LogP contribution in [0.15, 0.2) is 18.2 Å². The first-order valence-electron chi connectivity index (χ1n) is 6.07. The van der Waals surface area contributed by atoms with Crippen LogP contribution in [-0.2, 0) is 6.54 Å². The van der Waals surface area contributed by atoms with E-state index in [0.29, 0.717) is 37.0 Å². The smallest absolute Gasteiger partial charge is 0.182 e. The van der Waals surface area contributed by atoms with E-state index in [9.17, 15) is 0 Å². The predicted octanol–water partition coefficient (Wildman–Crippen LogP) is 0.706. The van der Waals surface area contributed by atoms with Gasteiger partial charge in [0.05, 0.1) is 20.3 Å². The molecule has 0 fully saturated rings. The average Bonchev–Trinajstić information content (AvgIpc) is 2.88. The molecule has 0 amide bonds. The van der Waals surface area contributed by atoms with E-state index < -0.39 is 0 Å². The van der Waals surface area contributed by atoms with Crippen molar-refractivity contribution in [1.29, 1.82) is 0 Å². The quantitative estimate of drug-likeness (QED) is 0.825. The fourth-order valence-electron chi connectivity index (χ4n) is 1.77. The number of hydrogen-bond donors (Lipinski definition) is 1. The van der Waals surface area contributed by atoms with E-state index in [0.717, 1.165) is 5.56 Å². The Morgan fingerprint density at radius 2 is 2.16 bits per heavy atom. The number of benzene rings is 1. The number of ether oxygens (including phenoxy) is 2. The van der Waals surface area contributed by atoms with Gasteiger partial charge >= 0.3 is 0 Å². The Hall–Kier alpha value is -2.15. The van der Waals surface area contributed by atoms with E-state index >= 15 is 0 Å². The number of tetrazole rings is 1. The monoisotopic (exact) mass is 263 g/mol. The second kappa shape index (κ2) is 6.14. The van der Waals surface area contributed by atoms with Crippen LogP contribution in [-0.4, -0.2) is 40.5 Å². The lowest BCUT2D eigenvalue weighted by atomic mass is 10.2. The second-order valence-electron chi connectivity index (χ2n) is 3.81. The molecule has 0 aliphatic heterocycles. The maximum atomic E-state index is 5.53. The number of hydrogen-bond acceptors (Lipinski definition) is 6. The Bertz CT molecular complexity index is 541. The van der Waals surface area contributed by atoms with Gasteiger partial charge in [0.15, 0.2) is 17.3 Å². The van der Waals surface area contributed by atoms with Gasteiger partial charge in [0.1, 0.15) is 0 Å². The SMILES string of the molecule is CCOc1ccc(-c2nnnn2CCN)cc1OC. The summed E-state index contributed by atoms with van der Waals surface area (Å²) >= 11 is 0. The molecule has 2 aromatic rings. The molecule has 0 unspecified atom stereocenters. The fraction of sp³-hybridized carbons (Fsp3) is 0.417. The molecule has 2 N–H and O–H groups in total. The normalized spacial score (nSPS) is 10.5. The molecule has 0 saturated carbocycles. The third-order valence-corrected chi connectivity index (χ3v) is 2.59. The summed E-state index contributed by atoms with van der Waals surface area (Å²) < 4.78 is 12.4. The lowest BCUT2D eigenvalue weighted by molar-refractivity contribution is 0.311. The summed E-state index contributed by atoms with van der Waals surface area (Å²) in [5, 5.41) is 11.6. The number of methoxy groups -OCH3 is 1. The van der Waals surface area contributed by atoms with E-state index in [1.165, 1.54) is 0 Å². The molecule has 0 spiro atoms. The van der Waals surface area contributed by atoms with Crippen molar-refractivity contribution in [1.82, 2.24) is 20.2 Å². The molecule has 0 atom stereocenters. The highest BCUT2D eigenvalue weighted by Crippen LogP contribution is 2.31. The van der Waals surface area contributed by atoms with Gasteiger partial charge in [-0.05, 0) is 35.5 Å². The number of aromatic nitrogens is 4. The molecule has 19 heavy (non-hydrogen) atoms. The van der Waals surface area contributed by atoms with Gasteiger partial charge in [-0.15, -0.1) is 5.10 Å². The van der Waals surface area contributed by atoms with Gasteiger partial charge in [-0.2, -0.15) is 0 Å². The van der Waals surface area contributed by atoms with Crippen LogP contribution in [0.2, 0.25) is 0 Å². The summed E-state index contributed by atoms with van der Waals surface area (Å²) in [4.78, 5) is 0. The Morgan fingerprint density at radius 3 is 2.84 bits per heavy atom. The summed E-state index contributed by atoms with van der Waals surface area (Å²) in [6.07, 6.45) is 0. The third kappa shape index (κ3) is 2.82.